The number of anilines is 1. The van der Waals surface area contributed by atoms with Crippen LogP contribution in [0.3, 0.4) is 0 Å². The number of nitrogens with one attached hydrogen (secondary N) is 2. The Morgan fingerprint density at radius 2 is 1.91 bits per heavy atom. The maximum atomic E-state index is 11.7. The third kappa shape index (κ3) is 4.66. The van der Waals surface area contributed by atoms with E-state index in [-0.39, 0.29) is 0 Å². The molecule has 0 fully saturated rings. The van der Waals surface area contributed by atoms with Crippen molar-refractivity contribution < 1.29 is 18.7 Å². The van der Waals surface area contributed by atoms with E-state index in [4.69, 9.17) is 9.15 Å². The van der Waals surface area contributed by atoms with E-state index in [1.807, 2.05) is 13.0 Å². The Morgan fingerprint density at radius 3 is 2.55 bits per heavy atom. The van der Waals surface area contributed by atoms with Gasteiger partial charge < -0.3 is 19.8 Å². The maximum absolute atomic E-state index is 11.7. The monoisotopic (exact) mass is 302 g/mol. The predicted molar refractivity (Wildman–Crippen MR) is 81.7 cm³/mol. The van der Waals surface area contributed by atoms with E-state index in [0.29, 0.717) is 31.0 Å². The molecule has 116 valence electrons. The number of rotatable bonds is 6. The summed E-state index contributed by atoms with van der Waals surface area (Å²) in [7, 11) is 0. The summed E-state index contributed by atoms with van der Waals surface area (Å²) in [5.41, 5.74) is 0.537. The quantitative estimate of drug-likeness (QED) is 0.800. The van der Waals surface area contributed by atoms with Gasteiger partial charge in [0, 0.05) is 18.7 Å². The van der Waals surface area contributed by atoms with Gasteiger partial charge in [0.1, 0.15) is 11.5 Å². The highest BCUT2D eigenvalue weighted by Crippen LogP contribution is 2.15. The zero-order valence-electron chi connectivity index (χ0n) is 12.3. The number of ether oxygens (including phenoxy) is 1. The van der Waals surface area contributed by atoms with E-state index in [0.717, 1.165) is 5.76 Å². The van der Waals surface area contributed by atoms with Crippen LogP contribution < -0.4 is 15.4 Å². The second-order valence-corrected chi connectivity index (χ2v) is 4.50. The zero-order chi connectivity index (χ0) is 15.8. The minimum Gasteiger partial charge on any atom is -0.494 e. The molecule has 0 aliphatic carbocycles. The summed E-state index contributed by atoms with van der Waals surface area (Å²) in [6.45, 7) is 2.80. The van der Waals surface area contributed by atoms with Crippen LogP contribution in [0.25, 0.3) is 0 Å². The SMILES string of the molecule is CCOc1ccc(NC(=O)C(=O)NCCc2ccco2)cc1. The molecule has 2 amide bonds. The van der Waals surface area contributed by atoms with Gasteiger partial charge in [0.15, 0.2) is 0 Å². The third-order valence-electron chi connectivity index (χ3n) is 2.87. The number of furan rings is 1. The summed E-state index contributed by atoms with van der Waals surface area (Å²) in [6, 6.07) is 10.4. The summed E-state index contributed by atoms with van der Waals surface area (Å²) < 4.78 is 10.4. The lowest BCUT2D eigenvalue weighted by atomic mass is 10.3. The molecule has 0 saturated heterocycles. The molecule has 0 saturated carbocycles. The van der Waals surface area contributed by atoms with E-state index in [2.05, 4.69) is 10.6 Å². The van der Waals surface area contributed by atoms with E-state index >= 15 is 0 Å². The Balaban J connectivity index is 1.76. The molecule has 0 unspecified atom stereocenters. The first-order valence-electron chi connectivity index (χ1n) is 7.03. The fourth-order valence-corrected chi connectivity index (χ4v) is 1.82. The van der Waals surface area contributed by atoms with Crippen LogP contribution in [-0.4, -0.2) is 25.0 Å². The predicted octanol–water partition coefficient (Wildman–Crippen LogP) is 1.98. The van der Waals surface area contributed by atoms with Gasteiger partial charge in [0.2, 0.25) is 0 Å². The first kappa shape index (κ1) is 15.6. The molecule has 1 aromatic heterocycles. The van der Waals surface area contributed by atoms with Gasteiger partial charge in [0.25, 0.3) is 0 Å². The van der Waals surface area contributed by atoms with Crippen molar-refractivity contribution >= 4 is 17.5 Å². The van der Waals surface area contributed by atoms with Gasteiger partial charge in [-0.05, 0) is 43.3 Å². The van der Waals surface area contributed by atoms with Crippen LogP contribution in [0.4, 0.5) is 5.69 Å². The fourth-order valence-electron chi connectivity index (χ4n) is 1.82. The molecule has 2 rings (SSSR count). The summed E-state index contributed by atoms with van der Waals surface area (Å²) >= 11 is 0. The largest absolute Gasteiger partial charge is 0.494 e. The average molecular weight is 302 g/mol. The number of carbonyl (C=O) groups is 2. The first-order valence-corrected chi connectivity index (χ1v) is 7.03. The Morgan fingerprint density at radius 1 is 1.14 bits per heavy atom. The van der Waals surface area contributed by atoms with Crippen LogP contribution in [0.15, 0.2) is 47.1 Å². The minimum absolute atomic E-state index is 0.336. The fraction of sp³-hybridized carbons (Fsp3) is 0.250. The molecule has 1 heterocycles. The van der Waals surface area contributed by atoms with Crippen LogP contribution in [0.2, 0.25) is 0 Å². The molecule has 0 atom stereocenters. The summed E-state index contributed by atoms with van der Waals surface area (Å²) in [5.74, 6) is 0.0830. The molecule has 22 heavy (non-hydrogen) atoms. The molecule has 2 N–H and O–H groups in total. The Hall–Kier alpha value is -2.76. The maximum Gasteiger partial charge on any atom is 0.313 e. The topological polar surface area (TPSA) is 80.6 Å². The van der Waals surface area contributed by atoms with Gasteiger partial charge in [-0.25, -0.2) is 0 Å². The number of carbonyl (C=O) groups excluding carboxylic acids is 2. The van der Waals surface area contributed by atoms with Gasteiger partial charge in [0.05, 0.1) is 12.9 Å². The molecular weight excluding hydrogens is 284 g/mol. The van der Waals surface area contributed by atoms with E-state index in [9.17, 15) is 9.59 Å². The molecule has 6 heteroatoms. The number of amides is 2. The third-order valence-corrected chi connectivity index (χ3v) is 2.87. The Kier molecular flexibility index (Phi) is 5.59. The molecule has 0 spiro atoms. The molecule has 2 aromatic rings. The standard InChI is InChI=1S/C16H18N2O4/c1-2-21-14-7-5-12(6-8-14)18-16(20)15(19)17-10-9-13-4-3-11-22-13/h3-8,11H,2,9-10H2,1H3,(H,17,19)(H,18,20). The smallest absolute Gasteiger partial charge is 0.313 e. The Bertz CT molecular complexity index is 606. The lowest BCUT2D eigenvalue weighted by Crippen LogP contribution is -2.36. The van der Waals surface area contributed by atoms with Crippen LogP contribution in [-0.2, 0) is 16.0 Å². The first-order chi connectivity index (χ1) is 10.7. The lowest BCUT2D eigenvalue weighted by Gasteiger charge is -2.07. The average Bonchev–Trinajstić information content (AvgIpc) is 3.02. The van der Waals surface area contributed by atoms with E-state index in [1.165, 1.54) is 0 Å². The molecule has 0 aliphatic rings. The molecule has 0 aliphatic heterocycles. The lowest BCUT2D eigenvalue weighted by molar-refractivity contribution is -0.136. The van der Waals surface area contributed by atoms with Crippen molar-refractivity contribution in [1.82, 2.24) is 5.32 Å². The number of hydrogen-bond donors (Lipinski definition) is 2. The van der Waals surface area contributed by atoms with E-state index < -0.39 is 11.8 Å². The molecule has 6 nitrogen and oxygen atoms in total. The number of hydrogen-bond acceptors (Lipinski definition) is 4. The summed E-state index contributed by atoms with van der Waals surface area (Å²) in [4.78, 5) is 23.4. The van der Waals surface area contributed by atoms with Crippen molar-refractivity contribution in [3.63, 3.8) is 0 Å². The van der Waals surface area contributed by atoms with Crippen molar-refractivity contribution in [2.75, 3.05) is 18.5 Å². The zero-order valence-corrected chi connectivity index (χ0v) is 12.3. The summed E-state index contributed by atoms with van der Waals surface area (Å²) in [5, 5.41) is 5.06. The van der Waals surface area contributed by atoms with Crippen LogP contribution in [0.5, 0.6) is 5.75 Å². The van der Waals surface area contributed by atoms with Crippen molar-refractivity contribution in [3.05, 3.63) is 48.4 Å². The van der Waals surface area contributed by atoms with Crippen molar-refractivity contribution in [1.29, 1.82) is 0 Å². The van der Waals surface area contributed by atoms with Gasteiger partial charge >= 0.3 is 11.8 Å². The molecule has 0 radical (unpaired) electrons. The highest BCUT2D eigenvalue weighted by atomic mass is 16.5. The van der Waals surface area contributed by atoms with Crippen molar-refractivity contribution in [2.45, 2.75) is 13.3 Å². The highest BCUT2D eigenvalue weighted by Gasteiger charge is 2.13. The van der Waals surface area contributed by atoms with Crippen molar-refractivity contribution in [3.8, 4) is 5.75 Å². The molecular formula is C16H18N2O4. The normalized spacial score (nSPS) is 10.0. The summed E-state index contributed by atoms with van der Waals surface area (Å²) in [6.07, 6.45) is 2.10. The van der Waals surface area contributed by atoms with E-state index in [1.54, 1.807) is 36.6 Å². The highest BCUT2D eigenvalue weighted by molar-refractivity contribution is 6.39. The van der Waals surface area contributed by atoms with Crippen LogP contribution in [0.1, 0.15) is 12.7 Å². The van der Waals surface area contributed by atoms with Gasteiger partial charge in [-0.3, -0.25) is 9.59 Å². The van der Waals surface area contributed by atoms with Gasteiger partial charge in [-0.15, -0.1) is 0 Å². The second kappa shape index (κ2) is 7.87. The van der Waals surface area contributed by atoms with Crippen molar-refractivity contribution in [2.24, 2.45) is 0 Å². The van der Waals surface area contributed by atoms with Gasteiger partial charge in [-0.2, -0.15) is 0 Å². The van der Waals surface area contributed by atoms with Crippen LogP contribution in [0, 0.1) is 0 Å². The Labute approximate surface area is 128 Å². The van der Waals surface area contributed by atoms with Gasteiger partial charge in [-0.1, -0.05) is 0 Å². The minimum atomic E-state index is -0.705. The number of benzene rings is 1. The molecule has 1 aromatic carbocycles. The van der Waals surface area contributed by atoms with Crippen LogP contribution >= 0.6 is 0 Å². The second-order valence-electron chi connectivity index (χ2n) is 4.50. The molecule has 0 bridgehead atoms.